The van der Waals surface area contributed by atoms with Crippen molar-refractivity contribution in [3.8, 4) is 0 Å². The molecule has 2 unspecified atom stereocenters. The van der Waals surface area contributed by atoms with E-state index >= 15 is 0 Å². The standard InChI is InChI=1S/C15H20F2N2O/c16-12-5-4-11(14(17)8-12)7-15(20)19-9-10-2-1-3-13(18)6-10/h4-5,8,10,13H,1-3,6-7,9,18H2,(H,19,20). The van der Waals surface area contributed by atoms with Crippen molar-refractivity contribution in [2.75, 3.05) is 6.54 Å². The normalized spacial score (nSPS) is 22.6. The molecule has 1 aliphatic carbocycles. The molecule has 1 aliphatic rings. The van der Waals surface area contributed by atoms with Crippen molar-refractivity contribution in [2.24, 2.45) is 11.7 Å². The van der Waals surface area contributed by atoms with Crippen LogP contribution < -0.4 is 11.1 Å². The quantitative estimate of drug-likeness (QED) is 0.889. The highest BCUT2D eigenvalue weighted by atomic mass is 19.1. The lowest BCUT2D eigenvalue weighted by atomic mass is 9.86. The van der Waals surface area contributed by atoms with E-state index in [1.165, 1.54) is 6.07 Å². The number of benzene rings is 1. The summed E-state index contributed by atoms with van der Waals surface area (Å²) in [5.41, 5.74) is 6.10. The minimum absolute atomic E-state index is 0.0646. The Kier molecular flexibility index (Phi) is 5.06. The van der Waals surface area contributed by atoms with Crippen LogP contribution in [-0.2, 0) is 11.2 Å². The van der Waals surface area contributed by atoms with Crippen molar-refractivity contribution in [3.05, 3.63) is 35.4 Å². The Morgan fingerprint density at radius 3 is 2.85 bits per heavy atom. The largest absolute Gasteiger partial charge is 0.356 e. The molecule has 2 rings (SSSR count). The van der Waals surface area contributed by atoms with Gasteiger partial charge < -0.3 is 11.1 Å². The van der Waals surface area contributed by atoms with Crippen LogP contribution in [0.4, 0.5) is 8.78 Å². The molecule has 0 bridgehead atoms. The van der Waals surface area contributed by atoms with Gasteiger partial charge in [0.2, 0.25) is 5.91 Å². The summed E-state index contributed by atoms with van der Waals surface area (Å²) in [6, 6.07) is 3.48. The summed E-state index contributed by atoms with van der Waals surface area (Å²) in [5.74, 6) is -1.15. The summed E-state index contributed by atoms with van der Waals surface area (Å²) >= 11 is 0. The zero-order chi connectivity index (χ0) is 14.5. The molecule has 20 heavy (non-hydrogen) atoms. The molecule has 5 heteroatoms. The molecule has 0 saturated heterocycles. The van der Waals surface area contributed by atoms with Gasteiger partial charge in [-0.15, -0.1) is 0 Å². The number of halogens is 2. The summed E-state index contributed by atoms with van der Waals surface area (Å²) in [6.45, 7) is 0.579. The average molecular weight is 282 g/mol. The zero-order valence-electron chi connectivity index (χ0n) is 11.4. The number of hydrogen-bond acceptors (Lipinski definition) is 2. The van der Waals surface area contributed by atoms with Crippen molar-refractivity contribution in [1.82, 2.24) is 5.32 Å². The third-order valence-electron chi connectivity index (χ3n) is 3.78. The fourth-order valence-electron chi connectivity index (χ4n) is 2.68. The van der Waals surface area contributed by atoms with Gasteiger partial charge in [0, 0.05) is 18.7 Å². The lowest BCUT2D eigenvalue weighted by Gasteiger charge is -2.26. The topological polar surface area (TPSA) is 55.1 Å². The van der Waals surface area contributed by atoms with Gasteiger partial charge in [-0.1, -0.05) is 12.5 Å². The van der Waals surface area contributed by atoms with Gasteiger partial charge in [0.05, 0.1) is 6.42 Å². The average Bonchev–Trinajstić information content (AvgIpc) is 2.40. The van der Waals surface area contributed by atoms with Crippen molar-refractivity contribution in [1.29, 1.82) is 0 Å². The number of carbonyl (C=O) groups excluding carboxylic acids is 1. The molecule has 110 valence electrons. The molecule has 1 fully saturated rings. The first-order chi connectivity index (χ1) is 9.54. The third-order valence-corrected chi connectivity index (χ3v) is 3.78. The van der Waals surface area contributed by atoms with Crippen molar-refractivity contribution in [3.63, 3.8) is 0 Å². The van der Waals surface area contributed by atoms with Crippen LogP contribution in [0, 0.1) is 17.6 Å². The Bertz CT molecular complexity index is 479. The van der Waals surface area contributed by atoms with Gasteiger partial charge in [0.1, 0.15) is 11.6 Å². The van der Waals surface area contributed by atoms with Crippen molar-refractivity contribution < 1.29 is 13.6 Å². The predicted molar refractivity (Wildman–Crippen MR) is 73.0 cm³/mol. The number of nitrogens with two attached hydrogens (primary N) is 1. The molecule has 1 saturated carbocycles. The molecule has 3 nitrogen and oxygen atoms in total. The number of rotatable bonds is 4. The maximum atomic E-state index is 13.4. The van der Waals surface area contributed by atoms with E-state index in [2.05, 4.69) is 5.32 Å². The van der Waals surface area contributed by atoms with Crippen molar-refractivity contribution in [2.45, 2.75) is 38.1 Å². The van der Waals surface area contributed by atoms with Crippen molar-refractivity contribution >= 4 is 5.91 Å². The second-order valence-corrected chi connectivity index (χ2v) is 5.51. The molecule has 1 amide bonds. The van der Waals surface area contributed by atoms with Crippen LogP contribution >= 0.6 is 0 Å². The second-order valence-electron chi connectivity index (χ2n) is 5.51. The van der Waals surface area contributed by atoms with Gasteiger partial charge in [-0.25, -0.2) is 8.78 Å². The van der Waals surface area contributed by atoms with Gasteiger partial charge in [-0.2, -0.15) is 0 Å². The van der Waals surface area contributed by atoms with Gasteiger partial charge in [-0.05, 0) is 36.8 Å². The highest BCUT2D eigenvalue weighted by molar-refractivity contribution is 5.78. The van der Waals surface area contributed by atoms with Crippen LogP contribution in [0.2, 0.25) is 0 Å². The van der Waals surface area contributed by atoms with Crippen LogP contribution in [0.3, 0.4) is 0 Å². The number of amides is 1. The predicted octanol–water partition coefficient (Wildman–Crippen LogP) is 2.14. The molecule has 2 atom stereocenters. The van der Waals surface area contributed by atoms with E-state index in [1.807, 2.05) is 0 Å². The molecule has 0 heterocycles. The molecule has 0 aliphatic heterocycles. The summed E-state index contributed by atoms with van der Waals surface area (Å²) in [4.78, 5) is 11.8. The second kappa shape index (κ2) is 6.79. The minimum Gasteiger partial charge on any atom is -0.356 e. The molecule has 0 radical (unpaired) electrons. The smallest absolute Gasteiger partial charge is 0.224 e. The summed E-state index contributed by atoms with van der Waals surface area (Å²) in [5, 5.41) is 2.81. The third kappa shape index (κ3) is 4.27. The fraction of sp³-hybridized carbons (Fsp3) is 0.533. The van der Waals surface area contributed by atoms with E-state index in [0.717, 1.165) is 37.8 Å². The highest BCUT2D eigenvalue weighted by Crippen LogP contribution is 2.22. The molecule has 0 aromatic heterocycles. The Hall–Kier alpha value is -1.49. The van der Waals surface area contributed by atoms with Crippen LogP contribution in [0.5, 0.6) is 0 Å². The van der Waals surface area contributed by atoms with Crippen LogP contribution in [0.15, 0.2) is 18.2 Å². The first-order valence-corrected chi connectivity index (χ1v) is 7.01. The zero-order valence-corrected chi connectivity index (χ0v) is 11.4. The number of hydrogen-bond donors (Lipinski definition) is 2. The number of carbonyl (C=O) groups is 1. The first kappa shape index (κ1) is 14.9. The van der Waals surface area contributed by atoms with Gasteiger partial charge in [0.15, 0.2) is 0 Å². The van der Waals surface area contributed by atoms with Crippen LogP contribution in [0.25, 0.3) is 0 Å². The van der Waals surface area contributed by atoms with Gasteiger partial charge >= 0.3 is 0 Å². The SMILES string of the molecule is NC1CCCC(CNC(=O)Cc2ccc(F)cc2F)C1. The number of nitrogens with one attached hydrogen (secondary N) is 1. The van der Waals surface area contributed by atoms with Crippen LogP contribution in [-0.4, -0.2) is 18.5 Å². The van der Waals surface area contributed by atoms with E-state index in [4.69, 9.17) is 5.73 Å². The Morgan fingerprint density at radius 1 is 1.35 bits per heavy atom. The van der Waals surface area contributed by atoms with E-state index in [0.29, 0.717) is 12.5 Å². The van der Waals surface area contributed by atoms with Gasteiger partial charge in [0.25, 0.3) is 0 Å². The lowest BCUT2D eigenvalue weighted by molar-refractivity contribution is -0.120. The maximum absolute atomic E-state index is 13.4. The lowest BCUT2D eigenvalue weighted by Crippen LogP contribution is -2.36. The Morgan fingerprint density at radius 2 is 2.15 bits per heavy atom. The molecule has 1 aromatic rings. The van der Waals surface area contributed by atoms with Gasteiger partial charge in [-0.3, -0.25) is 4.79 Å². The molecular formula is C15H20F2N2O. The minimum atomic E-state index is -0.681. The molecule has 3 N–H and O–H groups in total. The molecule has 0 spiro atoms. The van der Waals surface area contributed by atoms with E-state index in [1.54, 1.807) is 0 Å². The summed E-state index contributed by atoms with van der Waals surface area (Å²) in [6.07, 6.45) is 4.06. The summed E-state index contributed by atoms with van der Waals surface area (Å²) in [7, 11) is 0. The Balaban J connectivity index is 1.80. The molecular weight excluding hydrogens is 262 g/mol. The fourth-order valence-corrected chi connectivity index (χ4v) is 2.68. The van der Waals surface area contributed by atoms with E-state index in [9.17, 15) is 13.6 Å². The maximum Gasteiger partial charge on any atom is 0.224 e. The van der Waals surface area contributed by atoms with Crippen LogP contribution in [0.1, 0.15) is 31.2 Å². The first-order valence-electron chi connectivity index (χ1n) is 7.01. The Labute approximate surface area is 117 Å². The highest BCUT2D eigenvalue weighted by Gasteiger charge is 2.19. The summed E-state index contributed by atoms with van der Waals surface area (Å²) < 4.78 is 26.2. The molecule has 1 aromatic carbocycles. The van der Waals surface area contributed by atoms with E-state index < -0.39 is 11.6 Å². The monoisotopic (exact) mass is 282 g/mol. The van der Waals surface area contributed by atoms with E-state index in [-0.39, 0.29) is 23.9 Å².